The van der Waals surface area contributed by atoms with Crippen molar-refractivity contribution in [3.05, 3.63) is 95.1 Å². The summed E-state index contributed by atoms with van der Waals surface area (Å²) in [5.41, 5.74) is 0.230. The fraction of sp³-hybridized carbons (Fsp3) is 0.120. The molecule has 0 saturated carbocycles. The number of carbonyl (C=O) groups excluding carboxylic acids is 2. The molecule has 3 aromatic rings. The van der Waals surface area contributed by atoms with Crippen LogP contribution in [0.3, 0.4) is 0 Å². The summed E-state index contributed by atoms with van der Waals surface area (Å²) in [5, 5.41) is 21.0. The highest BCUT2D eigenvalue weighted by Gasteiger charge is 2.47. The van der Waals surface area contributed by atoms with E-state index < -0.39 is 35.1 Å². The number of ketones is 1. The number of carbonyl (C=O) groups is 2. The summed E-state index contributed by atoms with van der Waals surface area (Å²) in [6.07, 6.45) is 0. The van der Waals surface area contributed by atoms with E-state index in [4.69, 9.17) is 4.74 Å². The van der Waals surface area contributed by atoms with Crippen LogP contribution >= 0.6 is 0 Å². The van der Waals surface area contributed by atoms with Crippen molar-refractivity contribution in [2.45, 2.75) is 13.0 Å². The van der Waals surface area contributed by atoms with Crippen molar-refractivity contribution in [1.82, 2.24) is 0 Å². The Hall–Kier alpha value is -4.20. The number of aliphatic hydroxyl groups excluding tert-OH is 1. The monoisotopic (exact) mass is 451 g/mol. The molecule has 0 bridgehead atoms. The van der Waals surface area contributed by atoms with Gasteiger partial charge in [0.25, 0.3) is 11.7 Å². The van der Waals surface area contributed by atoms with Crippen LogP contribution in [-0.4, -0.2) is 28.5 Å². The maximum absolute atomic E-state index is 14.0. The predicted octanol–water partition coefficient (Wildman–Crippen LogP) is 4.70. The summed E-state index contributed by atoms with van der Waals surface area (Å²) in [4.78, 5) is 27.0. The van der Waals surface area contributed by atoms with Gasteiger partial charge < -0.3 is 14.9 Å². The highest BCUT2D eigenvalue weighted by molar-refractivity contribution is 6.51. The van der Waals surface area contributed by atoms with E-state index in [-0.39, 0.29) is 22.6 Å². The Labute approximate surface area is 188 Å². The molecule has 8 heteroatoms. The van der Waals surface area contributed by atoms with Crippen molar-refractivity contribution in [2.24, 2.45) is 0 Å². The number of ether oxygens (including phenoxy) is 1. The zero-order valence-electron chi connectivity index (χ0n) is 17.5. The maximum Gasteiger partial charge on any atom is 0.300 e. The van der Waals surface area contributed by atoms with Gasteiger partial charge in [-0.2, -0.15) is 0 Å². The molecule has 1 fully saturated rings. The lowest BCUT2D eigenvalue weighted by Crippen LogP contribution is -2.29. The van der Waals surface area contributed by atoms with Gasteiger partial charge in [-0.15, -0.1) is 0 Å². The molecule has 1 saturated heterocycles. The number of Topliss-reactive ketones (excluding diaryl/α,β-unsaturated/α-hetero) is 1. The van der Waals surface area contributed by atoms with Gasteiger partial charge >= 0.3 is 0 Å². The molecule has 0 spiro atoms. The van der Waals surface area contributed by atoms with Crippen molar-refractivity contribution < 1.29 is 33.3 Å². The van der Waals surface area contributed by atoms with Crippen LogP contribution in [0.25, 0.3) is 5.76 Å². The van der Waals surface area contributed by atoms with Gasteiger partial charge in [-0.05, 0) is 61.0 Å². The molecule has 1 aliphatic heterocycles. The smallest absolute Gasteiger partial charge is 0.300 e. The summed E-state index contributed by atoms with van der Waals surface area (Å²) in [5.74, 6) is -4.37. The number of hydrogen-bond acceptors (Lipinski definition) is 5. The molecule has 1 amide bonds. The standard InChI is InChI=1S/C25H19F2NO5/c1-2-33-18-9-6-14(7-10-18)23(30)21-22(15-4-3-5-17(29)12-15)28(25(32)24(21)31)16-8-11-19(26)20(27)13-16/h3-13,22,29-30H,2H2,1H3/b23-21+. The number of phenols is 1. The predicted molar refractivity (Wildman–Crippen MR) is 117 cm³/mol. The Morgan fingerprint density at radius 3 is 2.36 bits per heavy atom. The van der Waals surface area contributed by atoms with Gasteiger partial charge in [-0.3, -0.25) is 14.5 Å². The summed E-state index contributed by atoms with van der Waals surface area (Å²) in [7, 11) is 0. The third kappa shape index (κ3) is 4.03. The lowest BCUT2D eigenvalue weighted by molar-refractivity contribution is -0.132. The molecule has 1 unspecified atom stereocenters. The normalized spacial score (nSPS) is 17.4. The average Bonchev–Trinajstić information content (AvgIpc) is 3.06. The second-order valence-electron chi connectivity index (χ2n) is 7.32. The third-order valence-corrected chi connectivity index (χ3v) is 5.25. The molecule has 0 radical (unpaired) electrons. The number of halogens is 2. The van der Waals surface area contributed by atoms with E-state index in [2.05, 4.69) is 0 Å². The molecule has 0 aromatic heterocycles. The van der Waals surface area contributed by atoms with Gasteiger partial charge in [-0.1, -0.05) is 12.1 Å². The number of aromatic hydroxyl groups is 1. The second-order valence-corrected chi connectivity index (χ2v) is 7.32. The molecule has 1 aliphatic rings. The molecule has 4 rings (SSSR count). The SMILES string of the molecule is CCOc1ccc(/C(O)=C2\C(=O)C(=O)N(c3ccc(F)c(F)c3)C2c2cccc(O)c2)cc1. The number of phenolic OH excluding ortho intramolecular Hbond substituents is 1. The Kier molecular flexibility index (Phi) is 5.83. The van der Waals surface area contributed by atoms with Gasteiger partial charge in [0.05, 0.1) is 18.2 Å². The molecular weight excluding hydrogens is 432 g/mol. The van der Waals surface area contributed by atoms with Crippen LogP contribution < -0.4 is 9.64 Å². The van der Waals surface area contributed by atoms with E-state index in [1.165, 1.54) is 30.3 Å². The number of rotatable bonds is 5. The molecule has 33 heavy (non-hydrogen) atoms. The number of hydrogen-bond donors (Lipinski definition) is 2. The molecule has 6 nitrogen and oxygen atoms in total. The second kappa shape index (κ2) is 8.74. The third-order valence-electron chi connectivity index (χ3n) is 5.25. The van der Waals surface area contributed by atoms with Crippen LogP contribution in [0.1, 0.15) is 24.1 Å². The zero-order valence-corrected chi connectivity index (χ0v) is 17.5. The van der Waals surface area contributed by atoms with Crippen molar-refractivity contribution >= 4 is 23.1 Å². The largest absolute Gasteiger partial charge is 0.508 e. The lowest BCUT2D eigenvalue weighted by atomic mass is 9.95. The van der Waals surface area contributed by atoms with Crippen LogP contribution in [0.15, 0.2) is 72.3 Å². The zero-order chi connectivity index (χ0) is 23.7. The van der Waals surface area contributed by atoms with E-state index in [0.29, 0.717) is 17.9 Å². The molecule has 0 aliphatic carbocycles. The number of aliphatic hydroxyl groups is 1. The topological polar surface area (TPSA) is 87.1 Å². The average molecular weight is 451 g/mol. The molecule has 168 valence electrons. The molecule has 1 atom stereocenters. The number of amides is 1. The van der Waals surface area contributed by atoms with Gasteiger partial charge in [-0.25, -0.2) is 8.78 Å². The first-order valence-electron chi connectivity index (χ1n) is 10.1. The van der Waals surface area contributed by atoms with E-state index in [0.717, 1.165) is 23.1 Å². The minimum atomic E-state index is -1.20. The Bertz CT molecular complexity index is 1270. The molecule has 3 aromatic carbocycles. The lowest BCUT2D eigenvalue weighted by Gasteiger charge is -2.25. The quantitative estimate of drug-likeness (QED) is 0.334. The van der Waals surface area contributed by atoms with Crippen molar-refractivity contribution in [3.8, 4) is 11.5 Å². The number of anilines is 1. The van der Waals surface area contributed by atoms with E-state index in [1.54, 1.807) is 18.2 Å². The van der Waals surface area contributed by atoms with E-state index >= 15 is 0 Å². The van der Waals surface area contributed by atoms with Crippen LogP contribution in [0, 0.1) is 11.6 Å². The fourth-order valence-corrected chi connectivity index (χ4v) is 3.78. The van der Waals surface area contributed by atoms with Crippen molar-refractivity contribution in [1.29, 1.82) is 0 Å². The molecule has 2 N–H and O–H groups in total. The first kappa shape index (κ1) is 22.0. The van der Waals surface area contributed by atoms with Gasteiger partial charge in [0.2, 0.25) is 0 Å². The van der Waals surface area contributed by atoms with Gasteiger partial charge in [0.1, 0.15) is 17.3 Å². The van der Waals surface area contributed by atoms with Crippen LogP contribution in [0.2, 0.25) is 0 Å². The summed E-state index contributed by atoms with van der Waals surface area (Å²) in [6.45, 7) is 2.27. The van der Waals surface area contributed by atoms with Crippen LogP contribution in [0.4, 0.5) is 14.5 Å². The minimum Gasteiger partial charge on any atom is -0.508 e. The Morgan fingerprint density at radius 1 is 1.00 bits per heavy atom. The first-order chi connectivity index (χ1) is 15.8. The van der Waals surface area contributed by atoms with E-state index in [1.807, 2.05) is 6.92 Å². The highest BCUT2D eigenvalue weighted by atomic mass is 19.2. The molecule has 1 heterocycles. The van der Waals surface area contributed by atoms with Gasteiger partial charge in [0, 0.05) is 17.3 Å². The number of benzene rings is 3. The number of nitrogens with zero attached hydrogens (tertiary/aromatic N) is 1. The minimum absolute atomic E-state index is 0.0740. The van der Waals surface area contributed by atoms with Crippen LogP contribution in [-0.2, 0) is 9.59 Å². The van der Waals surface area contributed by atoms with Crippen LogP contribution in [0.5, 0.6) is 11.5 Å². The van der Waals surface area contributed by atoms with Crippen molar-refractivity contribution in [2.75, 3.05) is 11.5 Å². The van der Waals surface area contributed by atoms with Crippen molar-refractivity contribution in [3.63, 3.8) is 0 Å². The summed E-state index contributed by atoms with van der Waals surface area (Å²) >= 11 is 0. The van der Waals surface area contributed by atoms with E-state index in [9.17, 15) is 28.6 Å². The Morgan fingerprint density at radius 2 is 1.73 bits per heavy atom. The van der Waals surface area contributed by atoms with Gasteiger partial charge in [0.15, 0.2) is 11.6 Å². The fourth-order valence-electron chi connectivity index (χ4n) is 3.78. The Balaban J connectivity index is 1.91. The molecular formula is C25H19F2NO5. The summed E-state index contributed by atoms with van der Waals surface area (Å²) < 4.78 is 32.9. The summed E-state index contributed by atoms with van der Waals surface area (Å²) in [6, 6.07) is 13.7. The maximum atomic E-state index is 14.0. The highest BCUT2D eigenvalue weighted by Crippen LogP contribution is 2.43. The first-order valence-corrected chi connectivity index (χ1v) is 10.1.